The van der Waals surface area contributed by atoms with E-state index in [0.717, 1.165) is 0 Å². The number of phenolic OH excluding ortho intramolecular Hbond substituents is 4. The number of carbonyl (C=O) groups excluding carboxylic acids is 2. The van der Waals surface area contributed by atoms with Gasteiger partial charge in [0.25, 0.3) is 0 Å². The number of aromatic hydroxyl groups is 4. The van der Waals surface area contributed by atoms with E-state index in [4.69, 9.17) is 4.74 Å². The van der Waals surface area contributed by atoms with Crippen LogP contribution in [-0.4, -0.2) is 45.0 Å². The zero-order valence-electron chi connectivity index (χ0n) is 15.1. The Labute approximate surface area is 161 Å². The highest BCUT2D eigenvalue weighted by Crippen LogP contribution is 2.26. The van der Waals surface area contributed by atoms with Gasteiger partial charge in [-0.15, -0.1) is 0 Å². The molecule has 8 heteroatoms. The Balaban J connectivity index is 2.11. The smallest absolute Gasteiger partial charge is 0.328 e. The molecule has 0 radical (unpaired) electrons. The maximum absolute atomic E-state index is 12.2. The predicted octanol–water partition coefficient (Wildman–Crippen LogP) is 1.81. The molecule has 0 fully saturated rings. The van der Waals surface area contributed by atoms with Gasteiger partial charge in [-0.1, -0.05) is 12.1 Å². The second-order valence-corrected chi connectivity index (χ2v) is 5.92. The standard InChI is InChI=1S/C20H21NO7/c1-2-28-20(27)14(9-13-4-7-16(23)18(25)11-13)21-19(26)8-5-12-3-6-15(22)17(24)10-12/h3-8,10-11,14,22-25H,2,9H2,1H3,(H,21,26). The van der Waals surface area contributed by atoms with Crippen LogP contribution in [0.15, 0.2) is 42.5 Å². The van der Waals surface area contributed by atoms with Crippen LogP contribution in [-0.2, 0) is 20.7 Å². The molecule has 0 saturated carbocycles. The van der Waals surface area contributed by atoms with Crippen LogP contribution in [0.5, 0.6) is 23.0 Å². The molecule has 28 heavy (non-hydrogen) atoms. The highest BCUT2D eigenvalue weighted by molar-refractivity contribution is 5.94. The molecule has 2 aromatic carbocycles. The molecule has 0 aromatic heterocycles. The molecule has 0 aliphatic heterocycles. The molecule has 1 unspecified atom stereocenters. The first-order valence-corrected chi connectivity index (χ1v) is 8.48. The van der Waals surface area contributed by atoms with Crippen LogP contribution in [0.2, 0.25) is 0 Å². The van der Waals surface area contributed by atoms with Crippen LogP contribution in [0.25, 0.3) is 6.08 Å². The van der Waals surface area contributed by atoms with Crippen LogP contribution < -0.4 is 5.32 Å². The molecule has 0 heterocycles. The van der Waals surface area contributed by atoms with Crippen molar-refractivity contribution in [1.82, 2.24) is 5.32 Å². The number of amides is 1. The summed E-state index contributed by atoms with van der Waals surface area (Å²) in [5, 5.41) is 40.2. The molecule has 1 amide bonds. The molecule has 148 valence electrons. The van der Waals surface area contributed by atoms with Crippen LogP contribution >= 0.6 is 0 Å². The Hall–Kier alpha value is -3.68. The number of carbonyl (C=O) groups is 2. The fourth-order valence-corrected chi connectivity index (χ4v) is 2.40. The Bertz CT molecular complexity index is 892. The van der Waals surface area contributed by atoms with Crippen LogP contribution in [0, 0.1) is 0 Å². The van der Waals surface area contributed by atoms with Gasteiger partial charge in [-0.25, -0.2) is 4.79 Å². The van der Waals surface area contributed by atoms with Gasteiger partial charge in [-0.05, 0) is 48.4 Å². The minimum Gasteiger partial charge on any atom is -0.504 e. The van der Waals surface area contributed by atoms with Crippen molar-refractivity contribution < 1.29 is 34.8 Å². The summed E-state index contributed by atoms with van der Waals surface area (Å²) in [5.74, 6) is -2.44. The van der Waals surface area contributed by atoms with Crippen molar-refractivity contribution in [2.24, 2.45) is 0 Å². The molecule has 8 nitrogen and oxygen atoms in total. The third-order valence-corrected chi connectivity index (χ3v) is 3.79. The SMILES string of the molecule is CCOC(=O)C(Cc1ccc(O)c(O)c1)NC(=O)C=Cc1ccc(O)c(O)c1. The maximum atomic E-state index is 12.2. The summed E-state index contributed by atoms with van der Waals surface area (Å²) in [6.45, 7) is 1.77. The number of ether oxygens (including phenoxy) is 1. The van der Waals surface area contributed by atoms with Gasteiger partial charge in [0.2, 0.25) is 5.91 Å². The summed E-state index contributed by atoms with van der Waals surface area (Å²) in [6, 6.07) is 7.15. The number of rotatable bonds is 7. The fourth-order valence-electron chi connectivity index (χ4n) is 2.40. The van der Waals surface area contributed by atoms with Gasteiger partial charge >= 0.3 is 5.97 Å². The minimum absolute atomic E-state index is 0.0479. The van der Waals surface area contributed by atoms with Crippen molar-refractivity contribution in [2.45, 2.75) is 19.4 Å². The van der Waals surface area contributed by atoms with Gasteiger partial charge in [0.05, 0.1) is 6.61 Å². The third-order valence-electron chi connectivity index (χ3n) is 3.79. The van der Waals surface area contributed by atoms with E-state index in [2.05, 4.69) is 5.32 Å². The van der Waals surface area contributed by atoms with E-state index in [9.17, 15) is 30.0 Å². The molecule has 0 saturated heterocycles. The zero-order chi connectivity index (χ0) is 20.7. The quantitative estimate of drug-likeness (QED) is 0.278. The molecule has 2 aromatic rings. The van der Waals surface area contributed by atoms with Gasteiger partial charge in [0.1, 0.15) is 6.04 Å². The van der Waals surface area contributed by atoms with Gasteiger partial charge in [-0.3, -0.25) is 4.79 Å². The lowest BCUT2D eigenvalue weighted by Crippen LogP contribution is -2.42. The first-order valence-electron chi connectivity index (χ1n) is 8.48. The highest BCUT2D eigenvalue weighted by Gasteiger charge is 2.22. The molecule has 0 aliphatic carbocycles. The van der Waals surface area contributed by atoms with E-state index < -0.39 is 17.9 Å². The summed E-state index contributed by atoms with van der Waals surface area (Å²) in [5.41, 5.74) is 0.989. The first kappa shape index (κ1) is 20.6. The van der Waals surface area contributed by atoms with E-state index in [1.54, 1.807) is 6.92 Å². The Morgan fingerprint density at radius 3 is 2.25 bits per heavy atom. The van der Waals surface area contributed by atoms with Crippen molar-refractivity contribution >= 4 is 18.0 Å². The van der Waals surface area contributed by atoms with Crippen molar-refractivity contribution in [3.05, 3.63) is 53.6 Å². The van der Waals surface area contributed by atoms with Crippen molar-refractivity contribution in [3.8, 4) is 23.0 Å². The van der Waals surface area contributed by atoms with Crippen LogP contribution in [0.3, 0.4) is 0 Å². The lowest BCUT2D eigenvalue weighted by molar-refractivity contribution is -0.146. The zero-order valence-corrected chi connectivity index (χ0v) is 15.1. The first-order chi connectivity index (χ1) is 13.3. The second-order valence-electron chi connectivity index (χ2n) is 5.92. The van der Waals surface area contributed by atoms with Crippen LogP contribution in [0.1, 0.15) is 18.1 Å². The molecule has 1 atom stereocenters. The number of phenols is 4. The molecule has 0 bridgehead atoms. The summed E-state index contributed by atoms with van der Waals surface area (Å²) < 4.78 is 4.97. The predicted molar refractivity (Wildman–Crippen MR) is 101 cm³/mol. The second kappa shape index (κ2) is 9.31. The molecule has 5 N–H and O–H groups in total. The molecule has 0 aliphatic rings. The topological polar surface area (TPSA) is 136 Å². The van der Waals surface area contributed by atoms with Gasteiger partial charge in [0, 0.05) is 12.5 Å². The van der Waals surface area contributed by atoms with E-state index >= 15 is 0 Å². The number of esters is 1. The normalized spacial score (nSPS) is 11.9. The summed E-state index contributed by atoms with van der Waals surface area (Å²) in [6.07, 6.45) is 2.63. The van der Waals surface area contributed by atoms with E-state index in [1.165, 1.54) is 48.6 Å². The van der Waals surface area contributed by atoms with Crippen LogP contribution in [0.4, 0.5) is 0 Å². The Morgan fingerprint density at radius 1 is 1.00 bits per heavy atom. The van der Waals surface area contributed by atoms with E-state index in [0.29, 0.717) is 11.1 Å². The fraction of sp³-hybridized carbons (Fsp3) is 0.200. The number of hydrogen-bond acceptors (Lipinski definition) is 7. The number of benzene rings is 2. The van der Waals surface area contributed by atoms with Crippen molar-refractivity contribution in [1.29, 1.82) is 0 Å². The number of hydrogen-bond donors (Lipinski definition) is 5. The van der Waals surface area contributed by atoms with E-state index in [-0.39, 0.29) is 36.0 Å². The maximum Gasteiger partial charge on any atom is 0.328 e. The van der Waals surface area contributed by atoms with Gasteiger partial charge in [0.15, 0.2) is 23.0 Å². The summed E-state index contributed by atoms with van der Waals surface area (Å²) in [4.78, 5) is 24.3. The largest absolute Gasteiger partial charge is 0.504 e. The van der Waals surface area contributed by atoms with Crippen molar-refractivity contribution in [2.75, 3.05) is 6.61 Å². The average molecular weight is 387 g/mol. The summed E-state index contributed by atoms with van der Waals surface area (Å²) >= 11 is 0. The molecular formula is C20H21NO7. The lowest BCUT2D eigenvalue weighted by Gasteiger charge is -2.16. The Kier molecular flexibility index (Phi) is 6.86. The minimum atomic E-state index is -1.01. The molecule has 2 rings (SSSR count). The molecular weight excluding hydrogens is 366 g/mol. The third kappa shape index (κ3) is 5.66. The summed E-state index contributed by atoms with van der Waals surface area (Å²) in [7, 11) is 0. The van der Waals surface area contributed by atoms with E-state index in [1.807, 2.05) is 0 Å². The Morgan fingerprint density at radius 2 is 1.64 bits per heavy atom. The number of nitrogens with one attached hydrogen (secondary N) is 1. The molecule has 0 spiro atoms. The highest BCUT2D eigenvalue weighted by atomic mass is 16.5. The average Bonchev–Trinajstić information content (AvgIpc) is 2.65. The van der Waals surface area contributed by atoms with Gasteiger partial charge in [-0.2, -0.15) is 0 Å². The lowest BCUT2D eigenvalue weighted by atomic mass is 10.0. The monoisotopic (exact) mass is 387 g/mol. The van der Waals surface area contributed by atoms with Gasteiger partial charge < -0.3 is 30.5 Å². The van der Waals surface area contributed by atoms with Crippen molar-refractivity contribution in [3.63, 3.8) is 0 Å².